The van der Waals surface area contributed by atoms with Crippen LogP contribution in [0.5, 0.6) is 0 Å². The van der Waals surface area contributed by atoms with E-state index >= 15 is 0 Å². The zero-order valence-electron chi connectivity index (χ0n) is 12.3. The molecule has 0 atom stereocenters. The van der Waals surface area contributed by atoms with E-state index in [0.29, 0.717) is 12.3 Å². The van der Waals surface area contributed by atoms with Crippen LogP contribution in [0.25, 0.3) is 0 Å². The lowest BCUT2D eigenvalue weighted by molar-refractivity contribution is 0.359. The van der Waals surface area contributed by atoms with E-state index in [1.807, 2.05) is 38.3 Å². The third kappa shape index (κ3) is 4.96. The van der Waals surface area contributed by atoms with Crippen molar-refractivity contribution in [3.05, 3.63) is 40.3 Å². The Kier molecular flexibility index (Phi) is 4.88. The molecule has 0 aromatic carbocycles. The maximum atomic E-state index is 12.1. The largest absolute Gasteiger partial charge is 0.447 e. The van der Waals surface area contributed by atoms with Gasteiger partial charge < -0.3 is 9.73 Å². The van der Waals surface area contributed by atoms with E-state index < -0.39 is 10.0 Å². The molecule has 2 heterocycles. The third-order valence-electron chi connectivity index (χ3n) is 2.71. The lowest BCUT2D eigenvalue weighted by Crippen LogP contribution is -2.34. The monoisotopic (exact) mass is 328 g/mol. The van der Waals surface area contributed by atoms with Gasteiger partial charge in [0.05, 0.1) is 6.54 Å². The zero-order valence-corrected chi connectivity index (χ0v) is 14.0. The van der Waals surface area contributed by atoms with Gasteiger partial charge in [0.2, 0.25) is 5.09 Å². The lowest BCUT2D eigenvalue weighted by atomic mass is 10.1. The van der Waals surface area contributed by atoms with Crippen molar-refractivity contribution in [3.8, 4) is 0 Å². The predicted molar refractivity (Wildman–Crippen MR) is 83.6 cm³/mol. The summed E-state index contributed by atoms with van der Waals surface area (Å²) in [6, 6.07) is 6.93. The number of furan rings is 1. The highest BCUT2D eigenvalue weighted by Crippen LogP contribution is 2.16. The van der Waals surface area contributed by atoms with Crippen molar-refractivity contribution in [2.45, 2.75) is 44.5 Å². The van der Waals surface area contributed by atoms with E-state index in [1.165, 1.54) is 17.4 Å². The molecule has 116 valence electrons. The fourth-order valence-corrected chi connectivity index (χ4v) is 3.29. The van der Waals surface area contributed by atoms with Crippen molar-refractivity contribution < 1.29 is 12.8 Å². The SMILES string of the molecule is CC(C)(C)NCc1ccc(S(=O)(=O)NCc2cccs2)o1. The van der Waals surface area contributed by atoms with Crippen LogP contribution in [0.15, 0.2) is 39.2 Å². The molecule has 0 aliphatic rings. The second-order valence-electron chi connectivity index (χ2n) is 5.73. The van der Waals surface area contributed by atoms with Crippen LogP contribution in [0.3, 0.4) is 0 Å². The van der Waals surface area contributed by atoms with Crippen molar-refractivity contribution in [3.63, 3.8) is 0 Å². The van der Waals surface area contributed by atoms with Crippen molar-refractivity contribution >= 4 is 21.4 Å². The zero-order chi connectivity index (χ0) is 15.5. The quantitative estimate of drug-likeness (QED) is 0.855. The maximum absolute atomic E-state index is 12.1. The molecule has 2 rings (SSSR count). The molecule has 0 unspecified atom stereocenters. The molecule has 0 aliphatic heterocycles. The summed E-state index contributed by atoms with van der Waals surface area (Å²) in [4.78, 5) is 0.958. The number of nitrogens with one attached hydrogen (secondary N) is 2. The molecule has 0 aliphatic carbocycles. The van der Waals surface area contributed by atoms with Crippen molar-refractivity contribution in [1.29, 1.82) is 0 Å². The van der Waals surface area contributed by atoms with E-state index in [4.69, 9.17) is 4.42 Å². The lowest BCUT2D eigenvalue weighted by Gasteiger charge is -2.19. The molecular formula is C14H20N2O3S2. The molecule has 2 aromatic rings. The molecule has 0 spiro atoms. The molecule has 0 fully saturated rings. The summed E-state index contributed by atoms with van der Waals surface area (Å²) in [5, 5.41) is 5.11. The van der Waals surface area contributed by atoms with Gasteiger partial charge in [-0.2, -0.15) is 0 Å². The second-order valence-corrected chi connectivity index (χ2v) is 8.46. The summed E-state index contributed by atoms with van der Waals surface area (Å²) in [5.41, 5.74) is -0.0523. The maximum Gasteiger partial charge on any atom is 0.274 e. The van der Waals surface area contributed by atoms with Gasteiger partial charge in [0.25, 0.3) is 10.0 Å². The van der Waals surface area contributed by atoms with Crippen molar-refractivity contribution in [2.75, 3.05) is 0 Å². The molecule has 0 radical (unpaired) electrons. The van der Waals surface area contributed by atoms with E-state index in [1.54, 1.807) is 6.07 Å². The Bertz CT molecular complexity index is 667. The summed E-state index contributed by atoms with van der Waals surface area (Å²) in [7, 11) is -3.61. The van der Waals surface area contributed by atoms with Crippen LogP contribution < -0.4 is 10.0 Å². The Hall–Kier alpha value is -1.15. The van der Waals surface area contributed by atoms with E-state index in [2.05, 4.69) is 10.0 Å². The van der Waals surface area contributed by atoms with Crippen molar-refractivity contribution in [2.24, 2.45) is 0 Å². The van der Waals surface area contributed by atoms with Crippen LogP contribution in [-0.4, -0.2) is 14.0 Å². The van der Waals surface area contributed by atoms with Crippen LogP contribution in [0, 0.1) is 0 Å². The number of sulfonamides is 1. The minimum atomic E-state index is -3.61. The first kappa shape index (κ1) is 16.2. The Morgan fingerprint density at radius 3 is 2.57 bits per heavy atom. The van der Waals surface area contributed by atoms with Gasteiger partial charge in [0.15, 0.2) is 0 Å². The number of hydrogen-bond donors (Lipinski definition) is 2. The Balaban J connectivity index is 1.98. The Labute approximate surface area is 129 Å². The summed E-state index contributed by atoms with van der Waals surface area (Å²) in [6.07, 6.45) is 0. The summed E-state index contributed by atoms with van der Waals surface area (Å²) < 4.78 is 32.2. The minimum absolute atomic E-state index is 0.0511. The minimum Gasteiger partial charge on any atom is -0.447 e. The van der Waals surface area contributed by atoms with Crippen LogP contribution >= 0.6 is 11.3 Å². The van der Waals surface area contributed by atoms with Gasteiger partial charge in [-0.1, -0.05) is 6.07 Å². The highest BCUT2D eigenvalue weighted by Gasteiger charge is 2.19. The summed E-state index contributed by atoms with van der Waals surface area (Å²) in [5.74, 6) is 0.599. The molecule has 0 bridgehead atoms. The van der Waals surface area contributed by atoms with Gasteiger partial charge >= 0.3 is 0 Å². The van der Waals surface area contributed by atoms with Crippen LogP contribution in [0.1, 0.15) is 31.4 Å². The summed E-state index contributed by atoms with van der Waals surface area (Å²) in [6.45, 7) is 6.88. The molecule has 0 amide bonds. The van der Waals surface area contributed by atoms with E-state index in [9.17, 15) is 8.42 Å². The van der Waals surface area contributed by atoms with Gasteiger partial charge in [-0.25, -0.2) is 13.1 Å². The second kappa shape index (κ2) is 6.31. The molecule has 0 saturated carbocycles. The van der Waals surface area contributed by atoms with Gasteiger partial charge in [-0.15, -0.1) is 11.3 Å². The standard InChI is InChI=1S/C14H20N2O3S2/c1-14(2,3)15-9-11-6-7-13(19-11)21(17,18)16-10-12-5-4-8-20-12/h4-8,15-16H,9-10H2,1-3H3. The first-order valence-corrected chi connectivity index (χ1v) is 8.98. The van der Waals surface area contributed by atoms with Gasteiger partial charge in [0.1, 0.15) is 5.76 Å². The average Bonchev–Trinajstić information content (AvgIpc) is 3.05. The Morgan fingerprint density at radius 1 is 1.19 bits per heavy atom. The number of rotatable bonds is 6. The predicted octanol–water partition coefficient (Wildman–Crippen LogP) is 2.71. The van der Waals surface area contributed by atoms with Crippen LogP contribution in [0.4, 0.5) is 0 Å². The van der Waals surface area contributed by atoms with Crippen LogP contribution in [-0.2, 0) is 23.1 Å². The highest BCUT2D eigenvalue weighted by atomic mass is 32.2. The fourth-order valence-electron chi connectivity index (χ4n) is 1.60. The molecular weight excluding hydrogens is 308 g/mol. The first-order chi connectivity index (χ1) is 9.76. The fraction of sp³-hybridized carbons (Fsp3) is 0.429. The average molecular weight is 328 g/mol. The topological polar surface area (TPSA) is 71.3 Å². The number of hydrogen-bond acceptors (Lipinski definition) is 5. The van der Waals surface area contributed by atoms with Crippen LogP contribution in [0.2, 0.25) is 0 Å². The highest BCUT2D eigenvalue weighted by molar-refractivity contribution is 7.89. The van der Waals surface area contributed by atoms with Gasteiger partial charge in [-0.05, 0) is 44.4 Å². The van der Waals surface area contributed by atoms with Gasteiger partial charge in [-0.3, -0.25) is 0 Å². The van der Waals surface area contributed by atoms with Crippen molar-refractivity contribution in [1.82, 2.24) is 10.0 Å². The summed E-state index contributed by atoms with van der Waals surface area (Å²) >= 11 is 1.51. The third-order valence-corrected chi connectivity index (χ3v) is 4.86. The molecule has 2 aromatic heterocycles. The molecule has 5 nitrogen and oxygen atoms in total. The molecule has 21 heavy (non-hydrogen) atoms. The Morgan fingerprint density at radius 2 is 1.95 bits per heavy atom. The molecule has 2 N–H and O–H groups in total. The first-order valence-electron chi connectivity index (χ1n) is 6.62. The molecule has 7 heteroatoms. The smallest absolute Gasteiger partial charge is 0.274 e. The molecule has 0 saturated heterocycles. The van der Waals surface area contributed by atoms with E-state index in [-0.39, 0.29) is 17.2 Å². The number of thiophene rings is 1. The van der Waals surface area contributed by atoms with Gasteiger partial charge in [0, 0.05) is 17.0 Å². The van der Waals surface area contributed by atoms with E-state index in [0.717, 1.165) is 4.88 Å². The normalized spacial score (nSPS) is 12.7.